The Kier molecular flexibility index (Phi) is 5.41. The zero-order valence-corrected chi connectivity index (χ0v) is 15.7. The summed E-state index contributed by atoms with van der Waals surface area (Å²) in [7, 11) is 0. The minimum absolute atomic E-state index is 0.0348. The average Bonchev–Trinajstić information content (AvgIpc) is 3.00. The first-order valence-corrected chi connectivity index (χ1v) is 8.91. The van der Waals surface area contributed by atoms with Crippen molar-refractivity contribution in [1.82, 2.24) is 4.98 Å². The summed E-state index contributed by atoms with van der Waals surface area (Å²) in [6.07, 6.45) is 0. The van der Waals surface area contributed by atoms with Gasteiger partial charge in [-0.2, -0.15) is 0 Å². The number of aromatic nitrogens is 1. The molecule has 1 aromatic heterocycles. The summed E-state index contributed by atoms with van der Waals surface area (Å²) < 4.78 is 45.9. The molecule has 2 aromatic carbocycles. The van der Waals surface area contributed by atoms with Gasteiger partial charge in [-0.3, -0.25) is 10.1 Å². The number of thiazole rings is 1. The number of anilines is 1. The summed E-state index contributed by atoms with van der Waals surface area (Å²) in [4.78, 5) is 27.4. The molecule has 10 heteroatoms. The van der Waals surface area contributed by atoms with Crippen molar-refractivity contribution in [3.63, 3.8) is 0 Å². The summed E-state index contributed by atoms with van der Waals surface area (Å²) in [5, 5.41) is 2.22. The normalized spacial score (nSPS) is 10.8. The lowest BCUT2D eigenvalue weighted by molar-refractivity contribution is -0.119. The van der Waals surface area contributed by atoms with Crippen LogP contribution in [0.4, 0.5) is 18.3 Å². The molecule has 0 aliphatic heterocycles. The maximum Gasteiger partial charge on any atom is 0.338 e. The standard InChI is InChI=1S/C16H8F3IN2O3S/c17-9-5-10-14(13(19)12(9)18)22-16(26-10)21-11(23)6-25-15(24)7-1-3-8(20)4-2-7/h1-5H,6H2,(H,21,22,23). The highest BCUT2D eigenvalue weighted by molar-refractivity contribution is 14.1. The van der Waals surface area contributed by atoms with Crippen molar-refractivity contribution in [3.05, 3.63) is 56.9 Å². The Labute approximate surface area is 162 Å². The molecule has 0 saturated heterocycles. The fraction of sp³-hybridized carbons (Fsp3) is 0.0625. The first kappa shape index (κ1) is 18.6. The highest BCUT2D eigenvalue weighted by Crippen LogP contribution is 2.30. The van der Waals surface area contributed by atoms with E-state index in [1.54, 1.807) is 24.3 Å². The number of esters is 1. The number of nitrogens with one attached hydrogen (secondary N) is 1. The van der Waals surface area contributed by atoms with Crippen molar-refractivity contribution in [2.75, 3.05) is 11.9 Å². The van der Waals surface area contributed by atoms with Crippen LogP contribution in [0.3, 0.4) is 0 Å². The molecule has 0 fully saturated rings. The molecule has 5 nitrogen and oxygen atoms in total. The predicted molar refractivity (Wildman–Crippen MR) is 97.6 cm³/mol. The van der Waals surface area contributed by atoms with Crippen LogP contribution < -0.4 is 5.32 Å². The van der Waals surface area contributed by atoms with Crippen LogP contribution in [0.15, 0.2) is 30.3 Å². The first-order chi connectivity index (χ1) is 12.3. The molecule has 0 saturated carbocycles. The number of nitrogens with zero attached hydrogens (tertiary/aromatic N) is 1. The third-order valence-electron chi connectivity index (χ3n) is 3.18. The molecule has 0 radical (unpaired) electrons. The minimum Gasteiger partial charge on any atom is -0.452 e. The molecule has 0 aliphatic rings. The number of carbonyl (C=O) groups is 2. The minimum atomic E-state index is -1.63. The van der Waals surface area contributed by atoms with Gasteiger partial charge < -0.3 is 4.74 Å². The van der Waals surface area contributed by atoms with Crippen LogP contribution in [0.2, 0.25) is 0 Å². The van der Waals surface area contributed by atoms with E-state index in [0.717, 1.165) is 21.0 Å². The van der Waals surface area contributed by atoms with Crippen molar-refractivity contribution >= 4 is 61.2 Å². The molecule has 0 aliphatic carbocycles. The fourth-order valence-electron chi connectivity index (χ4n) is 1.98. The van der Waals surface area contributed by atoms with E-state index in [-0.39, 0.29) is 20.9 Å². The van der Waals surface area contributed by atoms with Gasteiger partial charge in [0.1, 0.15) is 5.52 Å². The molecule has 0 unspecified atom stereocenters. The topological polar surface area (TPSA) is 68.3 Å². The Morgan fingerprint density at radius 1 is 1.15 bits per heavy atom. The van der Waals surface area contributed by atoms with Gasteiger partial charge in [0.25, 0.3) is 5.91 Å². The molecule has 1 amide bonds. The SMILES string of the molecule is O=C(COC(=O)c1ccc(I)cc1)Nc1nc2c(F)c(F)c(F)cc2s1. The Balaban J connectivity index is 1.65. The van der Waals surface area contributed by atoms with Gasteiger partial charge in [-0.15, -0.1) is 0 Å². The number of hydrogen-bond acceptors (Lipinski definition) is 5. The predicted octanol–water partition coefficient (Wildman–Crippen LogP) is 4.11. The smallest absolute Gasteiger partial charge is 0.338 e. The van der Waals surface area contributed by atoms with Crippen molar-refractivity contribution in [2.45, 2.75) is 0 Å². The molecule has 1 heterocycles. The summed E-state index contributed by atoms with van der Waals surface area (Å²) in [6.45, 7) is -0.591. The molecule has 0 bridgehead atoms. The summed E-state index contributed by atoms with van der Waals surface area (Å²) in [5.41, 5.74) is -0.105. The molecule has 1 N–H and O–H groups in total. The van der Waals surface area contributed by atoms with E-state index in [2.05, 4.69) is 32.9 Å². The lowest BCUT2D eigenvalue weighted by Gasteiger charge is -2.04. The Bertz CT molecular complexity index is 1010. The number of carbonyl (C=O) groups excluding carboxylic acids is 2. The Hall–Kier alpha value is -2.21. The number of benzene rings is 2. The van der Waals surface area contributed by atoms with Gasteiger partial charge in [0.15, 0.2) is 29.2 Å². The molecule has 134 valence electrons. The Morgan fingerprint density at radius 3 is 2.54 bits per heavy atom. The van der Waals surface area contributed by atoms with Gasteiger partial charge in [0, 0.05) is 3.57 Å². The Morgan fingerprint density at radius 2 is 1.85 bits per heavy atom. The average molecular weight is 492 g/mol. The van der Waals surface area contributed by atoms with Gasteiger partial charge in [-0.25, -0.2) is 22.9 Å². The van der Waals surface area contributed by atoms with Crippen LogP contribution >= 0.6 is 33.9 Å². The van der Waals surface area contributed by atoms with Crippen LogP contribution in [0.1, 0.15) is 10.4 Å². The van der Waals surface area contributed by atoms with E-state index < -0.39 is 35.9 Å². The van der Waals surface area contributed by atoms with Gasteiger partial charge >= 0.3 is 5.97 Å². The third-order valence-corrected chi connectivity index (χ3v) is 4.82. The van der Waals surface area contributed by atoms with Crippen molar-refractivity contribution in [3.8, 4) is 0 Å². The number of halogens is 4. The van der Waals surface area contributed by atoms with Crippen molar-refractivity contribution < 1.29 is 27.5 Å². The van der Waals surface area contributed by atoms with Crippen LogP contribution in [-0.4, -0.2) is 23.5 Å². The maximum absolute atomic E-state index is 13.6. The van der Waals surface area contributed by atoms with Crippen LogP contribution in [0.5, 0.6) is 0 Å². The fourth-order valence-corrected chi connectivity index (χ4v) is 3.25. The second kappa shape index (κ2) is 7.58. The monoisotopic (exact) mass is 492 g/mol. The summed E-state index contributed by atoms with van der Waals surface area (Å²) in [5.74, 6) is -5.81. The van der Waals surface area contributed by atoms with E-state index in [1.165, 1.54) is 0 Å². The molecule has 0 spiro atoms. The third kappa shape index (κ3) is 3.96. The zero-order chi connectivity index (χ0) is 18.8. The lowest BCUT2D eigenvalue weighted by Crippen LogP contribution is -2.20. The van der Waals surface area contributed by atoms with Gasteiger partial charge in [0.2, 0.25) is 0 Å². The first-order valence-electron chi connectivity index (χ1n) is 7.01. The second-order valence-electron chi connectivity index (χ2n) is 4.98. The van der Waals surface area contributed by atoms with E-state index >= 15 is 0 Å². The highest BCUT2D eigenvalue weighted by Gasteiger charge is 2.18. The molecule has 26 heavy (non-hydrogen) atoms. The number of fused-ring (bicyclic) bond motifs is 1. The molecular formula is C16H8F3IN2O3S. The van der Waals surface area contributed by atoms with E-state index in [1.807, 2.05) is 0 Å². The van der Waals surface area contributed by atoms with E-state index in [9.17, 15) is 22.8 Å². The molecule has 3 aromatic rings. The number of amides is 1. The van der Waals surface area contributed by atoms with E-state index in [4.69, 9.17) is 4.74 Å². The van der Waals surface area contributed by atoms with Gasteiger partial charge in [0.05, 0.1) is 10.3 Å². The lowest BCUT2D eigenvalue weighted by atomic mass is 10.2. The second-order valence-corrected chi connectivity index (χ2v) is 7.26. The quantitative estimate of drug-likeness (QED) is 0.338. The molecule has 3 rings (SSSR count). The number of hydrogen-bond donors (Lipinski definition) is 1. The highest BCUT2D eigenvalue weighted by atomic mass is 127. The van der Waals surface area contributed by atoms with Gasteiger partial charge in [-0.1, -0.05) is 11.3 Å². The summed E-state index contributed by atoms with van der Waals surface area (Å²) >= 11 is 2.84. The van der Waals surface area contributed by atoms with Crippen molar-refractivity contribution in [1.29, 1.82) is 0 Å². The van der Waals surface area contributed by atoms with Crippen LogP contribution in [-0.2, 0) is 9.53 Å². The van der Waals surface area contributed by atoms with E-state index in [0.29, 0.717) is 0 Å². The number of ether oxygens (including phenoxy) is 1. The van der Waals surface area contributed by atoms with Crippen LogP contribution in [0.25, 0.3) is 10.2 Å². The van der Waals surface area contributed by atoms with Gasteiger partial charge in [-0.05, 0) is 52.9 Å². The zero-order valence-electron chi connectivity index (χ0n) is 12.7. The van der Waals surface area contributed by atoms with Crippen LogP contribution in [0, 0.1) is 21.0 Å². The molecule has 0 atom stereocenters. The van der Waals surface area contributed by atoms with Crippen molar-refractivity contribution in [2.24, 2.45) is 0 Å². The number of rotatable bonds is 4. The summed E-state index contributed by atoms with van der Waals surface area (Å²) in [6, 6.07) is 7.33. The maximum atomic E-state index is 13.6. The largest absolute Gasteiger partial charge is 0.452 e. The molecular weight excluding hydrogens is 484 g/mol.